The summed E-state index contributed by atoms with van der Waals surface area (Å²) < 4.78 is 1.85. The second kappa shape index (κ2) is 2.13. The molecule has 42 valence electrons. The van der Waals surface area contributed by atoms with E-state index >= 15 is 0 Å². The standard InChI is InChI=1S/C5H5BrNO/c6-5-2-1-3-7(8)4-5/h1-4,8H/q+1. The summed E-state index contributed by atoms with van der Waals surface area (Å²) in [4.78, 5) is 0. The zero-order valence-corrected chi connectivity index (χ0v) is 5.67. The van der Waals surface area contributed by atoms with E-state index in [9.17, 15) is 0 Å². The first-order chi connectivity index (χ1) is 3.79. The quantitative estimate of drug-likeness (QED) is 0.461. The number of pyridine rings is 1. The van der Waals surface area contributed by atoms with Crippen LogP contribution in [0, 0.1) is 0 Å². The summed E-state index contributed by atoms with van der Waals surface area (Å²) in [6, 6.07) is 3.58. The maximum atomic E-state index is 8.70. The van der Waals surface area contributed by atoms with Crippen LogP contribution in [-0.4, -0.2) is 5.21 Å². The first-order valence-corrected chi connectivity index (χ1v) is 2.94. The lowest BCUT2D eigenvalue weighted by atomic mass is 10.5. The monoisotopic (exact) mass is 174 g/mol. The molecule has 0 aliphatic rings. The van der Waals surface area contributed by atoms with Gasteiger partial charge in [-0.3, -0.25) is 5.21 Å². The molecule has 0 aliphatic heterocycles. The van der Waals surface area contributed by atoms with Crippen LogP contribution in [0.3, 0.4) is 0 Å². The van der Waals surface area contributed by atoms with Crippen LogP contribution < -0.4 is 4.73 Å². The van der Waals surface area contributed by atoms with Crippen LogP contribution in [0.1, 0.15) is 0 Å². The number of halogens is 1. The summed E-state index contributed by atoms with van der Waals surface area (Å²) in [5, 5.41) is 8.70. The van der Waals surface area contributed by atoms with Crippen LogP contribution in [0.15, 0.2) is 29.0 Å². The molecule has 1 rings (SSSR count). The molecular weight excluding hydrogens is 170 g/mol. The maximum Gasteiger partial charge on any atom is 0.236 e. The van der Waals surface area contributed by atoms with Crippen LogP contribution in [0.5, 0.6) is 0 Å². The van der Waals surface area contributed by atoms with Crippen molar-refractivity contribution in [1.82, 2.24) is 0 Å². The predicted octanol–water partition coefficient (Wildman–Crippen LogP) is 0.974. The van der Waals surface area contributed by atoms with Crippen molar-refractivity contribution < 1.29 is 9.94 Å². The van der Waals surface area contributed by atoms with Crippen LogP contribution in [0.25, 0.3) is 0 Å². The molecule has 2 nitrogen and oxygen atoms in total. The average Bonchev–Trinajstić information content (AvgIpc) is 1.64. The first-order valence-electron chi connectivity index (χ1n) is 2.15. The Morgan fingerprint density at radius 2 is 2.38 bits per heavy atom. The maximum absolute atomic E-state index is 8.70. The number of hydrogen-bond acceptors (Lipinski definition) is 1. The van der Waals surface area contributed by atoms with Gasteiger partial charge in [-0.25, -0.2) is 0 Å². The predicted molar refractivity (Wildman–Crippen MR) is 31.5 cm³/mol. The highest BCUT2D eigenvalue weighted by molar-refractivity contribution is 9.10. The molecule has 0 aromatic carbocycles. The van der Waals surface area contributed by atoms with Crippen molar-refractivity contribution in [2.45, 2.75) is 0 Å². The average molecular weight is 175 g/mol. The molecular formula is C5H5BrNO+. The molecule has 8 heavy (non-hydrogen) atoms. The summed E-state index contributed by atoms with van der Waals surface area (Å²) in [5.74, 6) is 0. The van der Waals surface area contributed by atoms with Gasteiger partial charge in [-0.05, 0) is 22.0 Å². The van der Waals surface area contributed by atoms with Gasteiger partial charge in [0.15, 0.2) is 0 Å². The normalized spacial score (nSPS) is 9.12. The molecule has 0 saturated carbocycles. The van der Waals surface area contributed by atoms with Gasteiger partial charge in [0, 0.05) is 10.8 Å². The third-order valence-corrected chi connectivity index (χ3v) is 1.22. The molecule has 0 radical (unpaired) electrons. The lowest BCUT2D eigenvalue weighted by Crippen LogP contribution is -2.27. The molecule has 0 atom stereocenters. The van der Waals surface area contributed by atoms with Crippen molar-refractivity contribution in [3.63, 3.8) is 0 Å². The van der Waals surface area contributed by atoms with Gasteiger partial charge in [-0.1, -0.05) is 0 Å². The summed E-state index contributed by atoms with van der Waals surface area (Å²) >= 11 is 3.18. The van der Waals surface area contributed by atoms with Gasteiger partial charge >= 0.3 is 0 Å². The minimum absolute atomic E-state index is 0.863. The van der Waals surface area contributed by atoms with Gasteiger partial charge in [0.25, 0.3) is 0 Å². The smallest absolute Gasteiger partial charge is 0.236 e. The molecule has 0 bridgehead atoms. The Kier molecular flexibility index (Phi) is 1.48. The highest BCUT2D eigenvalue weighted by Crippen LogP contribution is 2.01. The third kappa shape index (κ3) is 1.20. The molecule has 0 spiro atoms. The third-order valence-electron chi connectivity index (χ3n) is 0.750. The molecule has 0 amide bonds. The molecule has 1 N–H and O–H groups in total. The van der Waals surface area contributed by atoms with Crippen LogP contribution in [0.4, 0.5) is 0 Å². The van der Waals surface area contributed by atoms with Gasteiger partial charge in [0.05, 0.1) is 4.47 Å². The van der Waals surface area contributed by atoms with Crippen molar-refractivity contribution in [1.29, 1.82) is 0 Å². The highest BCUT2D eigenvalue weighted by atomic mass is 79.9. The van der Waals surface area contributed by atoms with E-state index in [1.54, 1.807) is 18.5 Å². The Bertz CT molecular complexity index is 172. The van der Waals surface area contributed by atoms with Crippen molar-refractivity contribution in [2.75, 3.05) is 0 Å². The molecule has 1 aromatic rings. The summed E-state index contributed by atoms with van der Waals surface area (Å²) in [6.45, 7) is 0. The fourth-order valence-electron chi connectivity index (χ4n) is 0.436. The van der Waals surface area contributed by atoms with Gasteiger partial charge in [-0.15, -0.1) is 0 Å². The topological polar surface area (TPSA) is 24.1 Å². The Hall–Kier alpha value is -0.570. The van der Waals surface area contributed by atoms with E-state index in [1.807, 2.05) is 6.07 Å². The first kappa shape index (κ1) is 5.56. The van der Waals surface area contributed by atoms with E-state index < -0.39 is 0 Å². The zero-order chi connectivity index (χ0) is 5.98. The molecule has 3 heteroatoms. The Balaban J connectivity index is 3.08. The minimum Gasteiger partial charge on any atom is -0.285 e. The van der Waals surface area contributed by atoms with Crippen molar-refractivity contribution in [3.8, 4) is 0 Å². The van der Waals surface area contributed by atoms with Crippen molar-refractivity contribution >= 4 is 15.9 Å². The van der Waals surface area contributed by atoms with E-state index in [1.165, 1.54) is 0 Å². The fraction of sp³-hybridized carbons (Fsp3) is 0. The van der Waals surface area contributed by atoms with Crippen LogP contribution >= 0.6 is 15.9 Å². The molecule has 0 saturated heterocycles. The van der Waals surface area contributed by atoms with Gasteiger partial charge in [0.2, 0.25) is 12.4 Å². The van der Waals surface area contributed by atoms with Crippen LogP contribution in [0.2, 0.25) is 0 Å². The number of hydrogen-bond donors (Lipinski definition) is 1. The Morgan fingerprint density at radius 3 is 2.75 bits per heavy atom. The number of nitrogens with zero attached hydrogens (tertiary/aromatic N) is 1. The number of rotatable bonds is 0. The van der Waals surface area contributed by atoms with Gasteiger partial charge in [-0.2, -0.15) is 0 Å². The zero-order valence-electron chi connectivity index (χ0n) is 4.08. The summed E-state index contributed by atoms with van der Waals surface area (Å²) in [5.41, 5.74) is 0. The molecule has 0 fully saturated rings. The fourth-order valence-corrected chi connectivity index (χ4v) is 0.798. The lowest BCUT2D eigenvalue weighted by Gasteiger charge is -1.80. The van der Waals surface area contributed by atoms with Crippen LogP contribution in [-0.2, 0) is 0 Å². The largest absolute Gasteiger partial charge is 0.285 e. The number of aromatic nitrogens is 1. The van der Waals surface area contributed by atoms with Crippen molar-refractivity contribution in [2.24, 2.45) is 0 Å². The molecule has 0 unspecified atom stereocenters. The molecule has 0 aliphatic carbocycles. The van der Waals surface area contributed by atoms with Gasteiger partial charge < -0.3 is 0 Å². The highest BCUT2D eigenvalue weighted by Gasteiger charge is 1.92. The van der Waals surface area contributed by atoms with E-state index in [0.29, 0.717) is 0 Å². The van der Waals surface area contributed by atoms with E-state index in [4.69, 9.17) is 5.21 Å². The van der Waals surface area contributed by atoms with Gasteiger partial charge in [0.1, 0.15) is 0 Å². The van der Waals surface area contributed by atoms with E-state index in [0.717, 1.165) is 9.20 Å². The second-order valence-corrected chi connectivity index (χ2v) is 2.32. The molecule has 1 aromatic heterocycles. The van der Waals surface area contributed by atoms with E-state index in [2.05, 4.69) is 15.9 Å². The molecule has 1 heterocycles. The lowest BCUT2D eigenvalue weighted by molar-refractivity contribution is -0.905. The summed E-state index contributed by atoms with van der Waals surface area (Å²) in [7, 11) is 0. The van der Waals surface area contributed by atoms with E-state index in [-0.39, 0.29) is 0 Å². The Labute approximate surface area is 55.5 Å². The Morgan fingerprint density at radius 1 is 1.62 bits per heavy atom. The van der Waals surface area contributed by atoms with Crippen molar-refractivity contribution in [3.05, 3.63) is 29.0 Å². The SMILES string of the molecule is O[n+]1cccc(Br)c1. The second-order valence-electron chi connectivity index (χ2n) is 1.40. The summed E-state index contributed by atoms with van der Waals surface area (Å²) in [6.07, 6.45) is 3.10. The minimum atomic E-state index is 0.863.